The van der Waals surface area contributed by atoms with E-state index in [9.17, 15) is 4.79 Å². The van der Waals surface area contributed by atoms with Gasteiger partial charge in [0, 0.05) is 25.2 Å². The molecule has 0 spiro atoms. The summed E-state index contributed by atoms with van der Waals surface area (Å²) in [6.07, 6.45) is 7.53. The van der Waals surface area contributed by atoms with Crippen LogP contribution in [0.5, 0.6) is 0 Å². The minimum atomic E-state index is 0.158. The van der Waals surface area contributed by atoms with Crippen LogP contribution >= 0.6 is 0 Å². The molecule has 2 atom stereocenters. The molecule has 1 amide bonds. The second-order valence-corrected chi connectivity index (χ2v) is 6.20. The van der Waals surface area contributed by atoms with Gasteiger partial charge in [-0.15, -0.1) is 0 Å². The number of carbonyl (C=O) groups is 1. The summed E-state index contributed by atoms with van der Waals surface area (Å²) in [5.41, 5.74) is 0. The van der Waals surface area contributed by atoms with Crippen molar-refractivity contribution in [1.29, 1.82) is 0 Å². The molecule has 2 fully saturated rings. The molecule has 2 unspecified atom stereocenters. The topological polar surface area (TPSA) is 44.4 Å². The molecule has 19 heavy (non-hydrogen) atoms. The van der Waals surface area contributed by atoms with Crippen molar-refractivity contribution < 1.29 is 4.79 Å². The first kappa shape index (κ1) is 14.8. The molecule has 1 saturated carbocycles. The van der Waals surface area contributed by atoms with Crippen molar-refractivity contribution >= 4 is 5.91 Å². The maximum atomic E-state index is 12.1. The molecule has 1 saturated heterocycles. The van der Waals surface area contributed by atoms with Crippen molar-refractivity contribution in [3.8, 4) is 0 Å². The highest BCUT2D eigenvalue weighted by atomic mass is 16.1. The monoisotopic (exact) mass is 267 g/mol. The Hall–Kier alpha value is -0.610. The molecule has 4 heteroatoms. The van der Waals surface area contributed by atoms with Crippen LogP contribution in [-0.4, -0.2) is 49.6 Å². The van der Waals surface area contributed by atoms with E-state index in [0.717, 1.165) is 38.5 Å². The first-order chi connectivity index (χ1) is 9.18. The van der Waals surface area contributed by atoms with Gasteiger partial charge in [0.2, 0.25) is 5.91 Å². The molecular formula is C15H29N3O. The van der Waals surface area contributed by atoms with Gasteiger partial charge in [-0.3, -0.25) is 4.79 Å². The molecule has 2 rings (SSSR count). The van der Waals surface area contributed by atoms with Crippen LogP contribution in [0, 0.1) is 5.92 Å². The van der Waals surface area contributed by atoms with Gasteiger partial charge in [-0.1, -0.05) is 12.8 Å². The number of nitrogens with one attached hydrogen (secondary N) is 2. The Labute approximate surface area is 117 Å². The zero-order chi connectivity index (χ0) is 13.7. The molecule has 0 aromatic rings. The third-order valence-corrected chi connectivity index (χ3v) is 4.81. The summed E-state index contributed by atoms with van der Waals surface area (Å²) >= 11 is 0. The Bertz CT molecular complexity index is 289. The molecule has 110 valence electrons. The molecule has 0 aromatic carbocycles. The van der Waals surface area contributed by atoms with E-state index < -0.39 is 0 Å². The van der Waals surface area contributed by atoms with Crippen molar-refractivity contribution in [2.75, 3.05) is 26.7 Å². The molecule has 1 aliphatic heterocycles. The highest BCUT2D eigenvalue weighted by Gasteiger charge is 2.27. The highest BCUT2D eigenvalue weighted by Crippen LogP contribution is 2.22. The second kappa shape index (κ2) is 7.25. The number of hydrogen-bond donors (Lipinski definition) is 2. The fourth-order valence-electron chi connectivity index (χ4n) is 3.42. The maximum Gasteiger partial charge on any atom is 0.224 e. The Kier molecular flexibility index (Phi) is 5.64. The Morgan fingerprint density at radius 3 is 2.68 bits per heavy atom. The van der Waals surface area contributed by atoms with Gasteiger partial charge < -0.3 is 15.5 Å². The molecule has 2 aliphatic rings. The van der Waals surface area contributed by atoms with Crippen LogP contribution in [0.25, 0.3) is 0 Å². The smallest absolute Gasteiger partial charge is 0.224 e. The zero-order valence-electron chi connectivity index (χ0n) is 12.5. The summed E-state index contributed by atoms with van der Waals surface area (Å²) in [6.45, 7) is 4.93. The predicted octanol–water partition coefficient (Wildman–Crippen LogP) is 1.37. The lowest BCUT2D eigenvalue weighted by atomic mass is 9.91. The summed E-state index contributed by atoms with van der Waals surface area (Å²) in [5.74, 6) is 0.394. The summed E-state index contributed by atoms with van der Waals surface area (Å²) in [5, 5.41) is 6.50. The van der Waals surface area contributed by atoms with Gasteiger partial charge in [0.1, 0.15) is 0 Å². The van der Waals surface area contributed by atoms with Gasteiger partial charge in [-0.05, 0) is 46.2 Å². The van der Waals surface area contributed by atoms with Gasteiger partial charge in [-0.2, -0.15) is 0 Å². The lowest BCUT2D eigenvalue weighted by Gasteiger charge is -2.29. The average molecular weight is 267 g/mol. The molecular weight excluding hydrogens is 238 g/mol. The minimum Gasteiger partial charge on any atom is -0.355 e. The molecule has 1 aliphatic carbocycles. The van der Waals surface area contributed by atoms with Crippen LogP contribution in [0.4, 0.5) is 0 Å². The van der Waals surface area contributed by atoms with Crippen molar-refractivity contribution in [3.05, 3.63) is 0 Å². The van der Waals surface area contributed by atoms with Gasteiger partial charge in [0.15, 0.2) is 0 Å². The van der Waals surface area contributed by atoms with Crippen molar-refractivity contribution in [2.24, 2.45) is 5.92 Å². The van der Waals surface area contributed by atoms with E-state index in [0.29, 0.717) is 6.04 Å². The summed E-state index contributed by atoms with van der Waals surface area (Å²) in [7, 11) is 2.19. The van der Waals surface area contributed by atoms with E-state index in [2.05, 4.69) is 29.5 Å². The molecule has 2 N–H and O–H groups in total. The summed E-state index contributed by atoms with van der Waals surface area (Å²) in [6, 6.07) is 1.06. The zero-order valence-corrected chi connectivity index (χ0v) is 12.5. The third kappa shape index (κ3) is 4.18. The van der Waals surface area contributed by atoms with Crippen LogP contribution in [0.2, 0.25) is 0 Å². The Balaban J connectivity index is 1.65. The van der Waals surface area contributed by atoms with Crippen LogP contribution in [0.15, 0.2) is 0 Å². The quantitative estimate of drug-likeness (QED) is 0.790. The summed E-state index contributed by atoms with van der Waals surface area (Å²) < 4.78 is 0. The Morgan fingerprint density at radius 1 is 1.26 bits per heavy atom. The number of rotatable bonds is 5. The molecule has 4 nitrogen and oxygen atoms in total. The fourth-order valence-corrected chi connectivity index (χ4v) is 3.42. The Morgan fingerprint density at radius 2 is 2.00 bits per heavy atom. The van der Waals surface area contributed by atoms with Gasteiger partial charge in [-0.25, -0.2) is 0 Å². The fraction of sp³-hybridized carbons (Fsp3) is 0.933. The van der Waals surface area contributed by atoms with Crippen LogP contribution in [0.1, 0.15) is 45.4 Å². The normalized spacial score (nSPS) is 28.8. The first-order valence-electron chi connectivity index (χ1n) is 7.90. The predicted molar refractivity (Wildman–Crippen MR) is 78.1 cm³/mol. The standard InChI is InChI=1S/C15H29N3O/c1-12-14(8-5-9-16-12)15(19)17-10-11-18(2)13-6-3-4-7-13/h12-14,16H,3-11H2,1-2H3,(H,17,19). The number of nitrogens with zero attached hydrogens (tertiary/aromatic N) is 1. The number of likely N-dealkylation sites (N-methyl/N-ethyl adjacent to an activating group) is 1. The van der Waals surface area contributed by atoms with E-state index in [-0.39, 0.29) is 11.8 Å². The molecule has 1 heterocycles. The number of carbonyl (C=O) groups excluding carboxylic acids is 1. The summed E-state index contributed by atoms with van der Waals surface area (Å²) in [4.78, 5) is 14.6. The van der Waals surface area contributed by atoms with Crippen molar-refractivity contribution in [1.82, 2.24) is 15.5 Å². The van der Waals surface area contributed by atoms with E-state index >= 15 is 0 Å². The lowest BCUT2D eigenvalue weighted by molar-refractivity contribution is -0.126. The van der Waals surface area contributed by atoms with Crippen LogP contribution < -0.4 is 10.6 Å². The third-order valence-electron chi connectivity index (χ3n) is 4.81. The van der Waals surface area contributed by atoms with Gasteiger partial charge in [0.05, 0.1) is 5.92 Å². The van der Waals surface area contributed by atoms with Crippen molar-refractivity contribution in [3.63, 3.8) is 0 Å². The number of amides is 1. The van der Waals surface area contributed by atoms with E-state index in [1.807, 2.05) is 0 Å². The number of hydrogen-bond acceptors (Lipinski definition) is 3. The van der Waals surface area contributed by atoms with Gasteiger partial charge in [0.25, 0.3) is 0 Å². The minimum absolute atomic E-state index is 0.158. The SMILES string of the molecule is CC1NCCCC1C(=O)NCCN(C)C1CCCC1. The molecule has 0 aromatic heterocycles. The number of piperidine rings is 1. The van der Waals surface area contributed by atoms with E-state index in [1.54, 1.807) is 0 Å². The lowest BCUT2D eigenvalue weighted by Crippen LogP contribution is -2.48. The van der Waals surface area contributed by atoms with E-state index in [1.165, 1.54) is 25.7 Å². The highest BCUT2D eigenvalue weighted by molar-refractivity contribution is 5.79. The largest absolute Gasteiger partial charge is 0.355 e. The van der Waals surface area contributed by atoms with Crippen LogP contribution in [0.3, 0.4) is 0 Å². The molecule has 0 radical (unpaired) electrons. The van der Waals surface area contributed by atoms with E-state index in [4.69, 9.17) is 0 Å². The average Bonchev–Trinajstić information content (AvgIpc) is 2.93. The maximum absolute atomic E-state index is 12.1. The molecule has 0 bridgehead atoms. The first-order valence-corrected chi connectivity index (χ1v) is 7.90. The van der Waals surface area contributed by atoms with Crippen LogP contribution in [-0.2, 0) is 4.79 Å². The van der Waals surface area contributed by atoms with Crippen molar-refractivity contribution in [2.45, 2.75) is 57.5 Å². The second-order valence-electron chi connectivity index (χ2n) is 6.20. The van der Waals surface area contributed by atoms with Gasteiger partial charge >= 0.3 is 0 Å².